The predicted molar refractivity (Wildman–Crippen MR) is 115 cm³/mol. The van der Waals surface area contributed by atoms with Gasteiger partial charge in [0.1, 0.15) is 0 Å². The third-order valence-corrected chi connectivity index (χ3v) is 5.66. The van der Waals surface area contributed by atoms with Crippen molar-refractivity contribution in [3.8, 4) is 0 Å². The monoisotopic (exact) mass is 472 g/mol. The standard InChI is InChI=1S/C20H17BrN4O3S/c21-14-6-7-15-16(9-14)22-20(29)25(19(15)28)23-18(27)13-8-17(26)24(11-13)10-12-4-2-1-3-5-12/h1-7,9,13H,8,10-11H2,(H,22,29)(H,23,27). The highest BCUT2D eigenvalue weighted by Gasteiger charge is 2.34. The lowest BCUT2D eigenvalue weighted by Gasteiger charge is -2.17. The second-order valence-corrected chi connectivity index (χ2v) is 8.20. The summed E-state index contributed by atoms with van der Waals surface area (Å²) in [5.74, 6) is -1.05. The zero-order valence-corrected chi connectivity index (χ0v) is 17.6. The Morgan fingerprint density at radius 2 is 1.97 bits per heavy atom. The lowest BCUT2D eigenvalue weighted by atomic mass is 10.1. The van der Waals surface area contributed by atoms with E-state index in [2.05, 4.69) is 26.3 Å². The van der Waals surface area contributed by atoms with E-state index >= 15 is 0 Å². The molecule has 1 unspecified atom stereocenters. The first-order chi connectivity index (χ1) is 13.9. The van der Waals surface area contributed by atoms with Crippen LogP contribution in [0.25, 0.3) is 10.9 Å². The Labute approximate surface area is 179 Å². The summed E-state index contributed by atoms with van der Waals surface area (Å²) in [6.07, 6.45) is 0.102. The van der Waals surface area contributed by atoms with Crippen LogP contribution in [0.15, 0.2) is 57.8 Å². The number of hydrogen-bond acceptors (Lipinski definition) is 4. The highest BCUT2D eigenvalue weighted by Crippen LogP contribution is 2.21. The van der Waals surface area contributed by atoms with Gasteiger partial charge in [0.15, 0.2) is 4.77 Å². The van der Waals surface area contributed by atoms with Gasteiger partial charge in [-0.05, 0) is 36.0 Å². The van der Waals surface area contributed by atoms with E-state index in [9.17, 15) is 14.4 Å². The third-order valence-electron chi connectivity index (χ3n) is 4.88. The molecule has 29 heavy (non-hydrogen) atoms. The topological polar surface area (TPSA) is 87.2 Å². The van der Waals surface area contributed by atoms with E-state index in [-0.39, 0.29) is 17.1 Å². The van der Waals surface area contributed by atoms with Gasteiger partial charge in [-0.2, -0.15) is 4.68 Å². The third kappa shape index (κ3) is 4.01. The van der Waals surface area contributed by atoms with E-state index in [0.717, 1.165) is 14.7 Å². The van der Waals surface area contributed by atoms with Gasteiger partial charge in [0.2, 0.25) is 11.8 Å². The van der Waals surface area contributed by atoms with Crippen molar-refractivity contribution in [2.45, 2.75) is 13.0 Å². The Kier molecular flexibility index (Phi) is 5.33. The fourth-order valence-electron chi connectivity index (χ4n) is 3.40. The largest absolute Gasteiger partial charge is 0.338 e. The lowest BCUT2D eigenvalue weighted by molar-refractivity contribution is -0.128. The van der Waals surface area contributed by atoms with Crippen LogP contribution >= 0.6 is 28.1 Å². The molecule has 2 amide bonds. The first kappa shape index (κ1) is 19.5. The molecule has 0 radical (unpaired) electrons. The minimum atomic E-state index is -0.548. The predicted octanol–water partition coefficient (Wildman–Crippen LogP) is 2.94. The molecule has 0 bridgehead atoms. The molecule has 2 aromatic carbocycles. The van der Waals surface area contributed by atoms with Crippen molar-refractivity contribution in [1.29, 1.82) is 0 Å². The Morgan fingerprint density at radius 1 is 1.21 bits per heavy atom. The van der Waals surface area contributed by atoms with Crippen LogP contribution in [0.4, 0.5) is 0 Å². The van der Waals surface area contributed by atoms with Gasteiger partial charge in [0, 0.05) is 24.0 Å². The van der Waals surface area contributed by atoms with E-state index in [1.54, 1.807) is 23.1 Å². The number of nitrogens with zero attached hydrogens (tertiary/aromatic N) is 2. The number of nitrogens with one attached hydrogen (secondary N) is 2. The van der Waals surface area contributed by atoms with Crippen molar-refractivity contribution in [2.75, 3.05) is 12.0 Å². The molecule has 0 aliphatic carbocycles. The number of carbonyl (C=O) groups excluding carboxylic acids is 2. The Morgan fingerprint density at radius 3 is 2.72 bits per heavy atom. The average Bonchev–Trinajstić information content (AvgIpc) is 3.06. The second-order valence-electron chi connectivity index (χ2n) is 6.90. The summed E-state index contributed by atoms with van der Waals surface area (Å²) in [4.78, 5) is 42.4. The Balaban J connectivity index is 1.53. The molecule has 2 heterocycles. The molecule has 0 saturated carbocycles. The van der Waals surface area contributed by atoms with Gasteiger partial charge < -0.3 is 9.88 Å². The van der Waals surface area contributed by atoms with E-state index < -0.39 is 17.4 Å². The minimum Gasteiger partial charge on any atom is -0.338 e. The number of fused-ring (bicyclic) bond motifs is 1. The van der Waals surface area contributed by atoms with Gasteiger partial charge in [-0.1, -0.05) is 46.3 Å². The van der Waals surface area contributed by atoms with Crippen LogP contribution in [0, 0.1) is 10.7 Å². The average molecular weight is 473 g/mol. The first-order valence-electron chi connectivity index (χ1n) is 8.99. The summed E-state index contributed by atoms with van der Waals surface area (Å²) in [6.45, 7) is 0.750. The molecule has 1 aliphatic rings. The Bertz CT molecular complexity index is 1220. The van der Waals surface area contributed by atoms with Crippen molar-refractivity contribution in [2.24, 2.45) is 5.92 Å². The number of aromatic amines is 1. The van der Waals surface area contributed by atoms with Crippen LogP contribution in [0.1, 0.15) is 12.0 Å². The molecule has 0 spiro atoms. The summed E-state index contributed by atoms with van der Waals surface area (Å²) in [5.41, 5.74) is 3.73. The van der Waals surface area contributed by atoms with Crippen molar-refractivity contribution in [3.05, 3.63) is 73.7 Å². The summed E-state index contributed by atoms with van der Waals surface area (Å²) in [6, 6.07) is 14.7. The molecule has 1 saturated heterocycles. The van der Waals surface area contributed by atoms with Gasteiger partial charge in [-0.3, -0.25) is 19.8 Å². The van der Waals surface area contributed by atoms with Crippen LogP contribution in [-0.4, -0.2) is 32.9 Å². The number of H-pyrrole nitrogens is 1. The van der Waals surface area contributed by atoms with Gasteiger partial charge in [-0.25, -0.2) is 0 Å². The lowest BCUT2D eigenvalue weighted by Crippen LogP contribution is -2.38. The molecular formula is C20H17BrN4O3S. The molecular weight excluding hydrogens is 456 g/mol. The van der Waals surface area contributed by atoms with Gasteiger partial charge in [-0.15, -0.1) is 0 Å². The van der Waals surface area contributed by atoms with Crippen molar-refractivity contribution in [3.63, 3.8) is 0 Å². The van der Waals surface area contributed by atoms with Crippen LogP contribution in [0.3, 0.4) is 0 Å². The molecule has 3 aromatic rings. The number of halogens is 1. The highest BCUT2D eigenvalue weighted by molar-refractivity contribution is 9.10. The first-order valence-corrected chi connectivity index (χ1v) is 10.2. The molecule has 2 N–H and O–H groups in total. The molecule has 7 nitrogen and oxygen atoms in total. The second kappa shape index (κ2) is 7.92. The number of aromatic nitrogens is 2. The highest BCUT2D eigenvalue weighted by atomic mass is 79.9. The maximum Gasteiger partial charge on any atom is 0.281 e. The van der Waals surface area contributed by atoms with E-state index in [1.165, 1.54) is 0 Å². The molecule has 1 atom stereocenters. The normalized spacial score (nSPS) is 16.4. The zero-order chi connectivity index (χ0) is 20.5. The molecule has 9 heteroatoms. The van der Waals surface area contributed by atoms with E-state index in [0.29, 0.717) is 24.0 Å². The summed E-state index contributed by atoms with van der Waals surface area (Å²) in [7, 11) is 0. The van der Waals surface area contributed by atoms with Gasteiger partial charge in [0.25, 0.3) is 5.56 Å². The number of likely N-dealkylation sites (tertiary alicyclic amines) is 1. The Hall–Kier alpha value is -2.78. The summed E-state index contributed by atoms with van der Waals surface area (Å²) < 4.78 is 1.91. The van der Waals surface area contributed by atoms with E-state index in [1.807, 2.05) is 30.3 Å². The smallest absolute Gasteiger partial charge is 0.281 e. The molecule has 4 rings (SSSR count). The van der Waals surface area contributed by atoms with Crippen LogP contribution in [0.2, 0.25) is 0 Å². The minimum absolute atomic E-state index is 0.0828. The number of rotatable bonds is 4. The SMILES string of the molecule is O=C(Nn1c(=S)[nH]c2cc(Br)ccc2c1=O)C1CC(=O)N(Cc2ccccc2)C1. The number of hydrogen-bond donors (Lipinski definition) is 2. The summed E-state index contributed by atoms with van der Waals surface area (Å²) in [5, 5.41) is 0.398. The van der Waals surface area contributed by atoms with E-state index in [4.69, 9.17) is 12.2 Å². The maximum absolute atomic E-state index is 12.7. The fraction of sp³-hybridized carbons (Fsp3) is 0.200. The van der Waals surface area contributed by atoms with Crippen molar-refractivity contribution >= 4 is 50.9 Å². The number of carbonyl (C=O) groups is 2. The van der Waals surface area contributed by atoms with Crippen molar-refractivity contribution in [1.82, 2.24) is 14.6 Å². The number of amides is 2. The van der Waals surface area contributed by atoms with Crippen LogP contribution < -0.4 is 11.0 Å². The van der Waals surface area contributed by atoms with Gasteiger partial charge >= 0.3 is 0 Å². The molecule has 1 aromatic heterocycles. The summed E-state index contributed by atoms with van der Waals surface area (Å²) >= 11 is 8.59. The van der Waals surface area contributed by atoms with Crippen LogP contribution in [0.5, 0.6) is 0 Å². The quantitative estimate of drug-likeness (QED) is 0.571. The maximum atomic E-state index is 12.7. The zero-order valence-electron chi connectivity index (χ0n) is 15.2. The molecule has 1 aliphatic heterocycles. The molecule has 148 valence electrons. The van der Waals surface area contributed by atoms with Crippen molar-refractivity contribution < 1.29 is 9.59 Å². The fourth-order valence-corrected chi connectivity index (χ4v) is 4.00. The van der Waals surface area contributed by atoms with Gasteiger partial charge in [0.05, 0.1) is 16.8 Å². The molecule has 1 fully saturated rings. The number of benzene rings is 2. The van der Waals surface area contributed by atoms with Crippen LogP contribution in [-0.2, 0) is 16.1 Å².